The van der Waals surface area contributed by atoms with Gasteiger partial charge in [-0.05, 0) is 73.1 Å². The molecule has 1 heterocycles. The van der Waals surface area contributed by atoms with Gasteiger partial charge in [0.1, 0.15) is 5.75 Å². The van der Waals surface area contributed by atoms with Crippen LogP contribution >= 0.6 is 0 Å². The monoisotopic (exact) mass is 431 g/mol. The fourth-order valence-corrected chi connectivity index (χ4v) is 4.53. The Morgan fingerprint density at radius 3 is 2.66 bits per heavy atom. The molecule has 2 aromatic carbocycles. The lowest BCUT2D eigenvalue weighted by molar-refractivity contribution is -0.120. The normalized spacial score (nSPS) is 15.5. The zero-order chi connectivity index (χ0) is 22.7. The van der Waals surface area contributed by atoms with Crippen molar-refractivity contribution in [1.29, 1.82) is 0 Å². The Balaban J connectivity index is 1.70. The van der Waals surface area contributed by atoms with Crippen molar-refractivity contribution in [3.05, 3.63) is 77.1 Å². The van der Waals surface area contributed by atoms with Gasteiger partial charge in [0.25, 0.3) is 0 Å². The van der Waals surface area contributed by atoms with Crippen molar-refractivity contribution in [1.82, 2.24) is 9.78 Å². The summed E-state index contributed by atoms with van der Waals surface area (Å²) in [5.74, 6) is 1.23. The summed E-state index contributed by atoms with van der Waals surface area (Å²) >= 11 is 0. The number of rotatable bonds is 7. The zero-order valence-electron chi connectivity index (χ0n) is 19.5. The van der Waals surface area contributed by atoms with Gasteiger partial charge < -0.3 is 9.64 Å². The van der Waals surface area contributed by atoms with Crippen LogP contribution in [0.3, 0.4) is 0 Å². The molecule has 1 atom stereocenters. The van der Waals surface area contributed by atoms with Crippen LogP contribution < -0.4 is 9.64 Å². The van der Waals surface area contributed by atoms with Gasteiger partial charge >= 0.3 is 0 Å². The van der Waals surface area contributed by atoms with Crippen LogP contribution in [0.15, 0.2) is 54.9 Å². The van der Waals surface area contributed by atoms with Gasteiger partial charge in [0.05, 0.1) is 25.8 Å². The molecule has 0 fully saturated rings. The molecule has 5 nitrogen and oxygen atoms in total. The van der Waals surface area contributed by atoms with E-state index >= 15 is 0 Å². The van der Waals surface area contributed by atoms with Crippen LogP contribution in [0.2, 0.25) is 0 Å². The molecule has 1 unspecified atom stereocenters. The van der Waals surface area contributed by atoms with Crippen LogP contribution in [0.4, 0.5) is 5.69 Å². The topological polar surface area (TPSA) is 47.4 Å². The predicted molar refractivity (Wildman–Crippen MR) is 128 cm³/mol. The summed E-state index contributed by atoms with van der Waals surface area (Å²) in [5, 5.41) is 4.41. The highest BCUT2D eigenvalue weighted by Crippen LogP contribution is 2.37. The number of carbonyl (C=O) groups excluding carboxylic acids is 1. The SMILES string of the molecule is CCn1cc(CN(C(=O)C2CCCc3ccc(OC)cc32)c2ccc(C(C)C)cc2)cn1. The highest BCUT2D eigenvalue weighted by atomic mass is 16.5. The molecule has 1 aliphatic rings. The number of hydrogen-bond acceptors (Lipinski definition) is 3. The number of aryl methyl sites for hydroxylation is 2. The lowest BCUT2D eigenvalue weighted by atomic mass is 9.81. The quantitative estimate of drug-likeness (QED) is 0.483. The van der Waals surface area contributed by atoms with Crippen molar-refractivity contribution in [2.75, 3.05) is 12.0 Å². The maximum atomic E-state index is 14.0. The molecule has 5 heteroatoms. The Hall–Kier alpha value is -3.08. The highest BCUT2D eigenvalue weighted by Gasteiger charge is 2.31. The molecule has 0 radical (unpaired) electrons. The molecule has 0 saturated heterocycles. The van der Waals surface area contributed by atoms with E-state index in [1.165, 1.54) is 11.1 Å². The van der Waals surface area contributed by atoms with Crippen molar-refractivity contribution >= 4 is 11.6 Å². The average Bonchev–Trinajstić information content (AvgIpc) is 3.29. The summed E-state index contributed by atoms with van der Waals surface area (Å²) < 4.78 is 7.37. The predicted octanol–water partition coefficient (Wildman–Crippen LogP) is 5.69. The van der Waals surface area contributed by atoms with E-state index in [1.54, 1.807) is 7.11 Å². The van der Waals surface area contributed by atoms with Gasteiger partial charge in [0.15, 0.2) is 0 Å². The number of ether oxygens (including phenoxy) is 1. The lowest BCUT2D eigenvalue weighted by Crippen LogP contribution is -2.36. The average molecular weight is 432 g/mol. The third-order valence-electron chi connectivity index (χ3n) is 6.45. The van der Waals surface area contributed by atoms with Gasteiger partial charge in [0, 0.05) is 24.0 Å². The molecule has 0 bridgehead atoms. The Morgan fingerprint density at radius 2 is 2.00 bits per heavy atom. The summed E-state index contributed by atoms with van der Waals surface area (Å²) in [6, 6.07) is 14.6. The van der Waals surface area contributed by atoms with E-state index in [0.717, 1.165) is 48.4 Å². The largest absolute Gasteiger partial charge is 0.497 e. The van der Waals surface area contributed by atoms with Crippen LogP contribution in [0.25, 0.3) is 0 Å². The third kappa shape index (κ3) is 4.57. The van der Waals surface area contributed by atoms with Crippen molar-refractivity contribution in [3.8, 4) is 5.75 Å². The van der Waals surface area contributed by atoms with Crippen LogP contribution in [0, 0.1) is 0 Å². The summed E-state index contributed by atoms with van der Waals surface area (Å²) in [6.45, 7) is 7.76. The number of aromatic nitrogens is 2. The number of hydrogen-bond donors (Lipinski definition) is 0. The molecule has 168 valence electrons. The standard InChI is InChI=1S/C27H33N3O2/c1-5-29-17-20(16-28-29)18-30(23-12-9-21(10-13-23)19(2)3)27(31)25-8-6-7-22-11-14-24(32-4)15-26(22)25/h9-17,19,25H,5-8,18H2,1-4H3. The Morgan fingerprint density at radius 1 is 1.22 bits per heavy atom. The van der Waals surface area contributed by atoms with E-state index in [-0.39, 0.29) is 11.8 Å². The molecule has 1 aromatic heterocycles. The van der Waals surface area contributed by atoms with Crippen LogP contribution in [0.1, 0.15) is 67.7 Å². The first-order valence-corrected chi connectivity index (χ1v) is 11.6. The van der Waals surface area contributed by atoms with Gasteiger partial charge in [-0.15, -0.1) is 0 Å². The second-order valence-electron chi connectivity index (χ2n) is 8.88. The molecule has 3 aromatic rings. The first-order chi connectivity index (χ1) is 15.5. The number of amides is 1. The van der Waals surface area contributed by atoms with Crippen LogP contribution in [0.5, 0.6) is 5.75 Å². The van der Waals surface area contributed by atoms with Crippen LogP contribution in [-0.2, 0) is 24.3 Å². The minimum Gasteiger partial charge on any atom is -0.497 e. The molecule has 0 N–H and O–H groups in total. The fraction of sp³-hybridized carbons (Fsp3) is 0.407. The van der Waals surface area contributed by atoms with Gasteiger partial charge in [-0.25, -0.2) is 0 Å². The highest BCUT2D eigenvalue weighted by molar-refractivity contribution is 5.98. The number of anilines is 1. The maximum Gasteiger partial charge on any atom is 0.234 e. The fourth-order valence-electron chi connectivity index (χ4n) is 4.53. The maximum absolute atomic E-state index is 14.0. The molecule has 1 aliphatic carbocycles. The van der Waals surface area contributed by atoms with Gasteiger partial charge in [-0.3, -0.25) is 9.48 Å². The van der Waals surface area contributed by atoms with Gasteiger partial charge in [-0.2, -0.15) is 5.10 Å². The molecule has 32 heavy (non-hydrogen) atoms. The van der Waals surface area contributed by atoms with Crippen molar-refractivity contribution in [2.24, 2.45) is 0 Å². The van der Waals surface area contributed by atoms with Crippen molar-refractivity contribution < 1.29 is 9.53 Å². The Kier molecular flexibility index (Phi) is 6.63. The molecule has 4 rings (SSSR count). The molecular weight excluding hydrogens is 398 g/mol. The molecular formula is C27H33N3O2. The third-order valence-corrected chi connectivity index (χ3v) is 6.45. The molecule has 0 spiro atoms. The van der Waals surface area contributed by atoms with E-state index in [0.29, 0.717) is 12.5 Å². The second-order valence-corrected chi connectivity index (χ2v) is 8.88. The first kappa shape index (κ1) is 22.1. The Bertz CT molecular complexity index is 1070. The first-order valence-electron chi connectivity index (χ1n) is 11.6. The lowest BCUT2D eigenvalue weighted by Gasteiger charge is -2.31. The minimum atomic E-state index is -0.167. The van der Waals surface area contributed by atoms with E-state index in [1.807, 2.05) is 34.1 Å². The van der Waals surface area contributed by atoms with E-state index in [2.05, 4.69) is 56.2 Å². The summed E-state index contributed by atoms with van der Waals surface area (Å²) in [5.41, 5.74) is 5.60. The smallest absolute Gasteiger partial charge is 0.234 e. The number of carbonyl (C=O) groups is 1. The van der Waals surface area contributed by atoms with E-state index in [4.69, 9.17) is 4.74 Å². The van der Waals surface area contributed by atoms with Crippen molar-refractivity contribution in [3.63, 3.8) is 0 Å². The number of nitrogens with zero attached hydrogens (tertiary/aromatic N) is 3. The van der Waals surface area contributed by atoms with E-state index in [9.17, 15) is 4.79 Å². The summed E-state index contributed by atoms with van der Waals surface area (Å²) in [4.78, 5) is 15.9. The molecule has 0 saturated carbocycles. The summed E-state index contributed by atoms with van der Waals surface area (Å²) in [7, 11) is 1.68. The molecule has 1 amide bonds. The van der Waals surface area contributed by atoms with E-state index < -0.39 is 0 Å². The minimum absolute atomic E-state index is 0.140. The number of benzene rings is 2. The van der Waals surface area contributed by atoms with Crippen molar-refractivity contribution in [2.45, 2.75) is 65.0 Å². The zero-order valence-corrected chi connectivity index (χ0v) is 19.5. The van der Waals surface area contributed by atoms with Crippen LogP contribution in [-0.4, -0.2) is 22.8 Å². The Labute approximate surface area is 191 Å². The van der Waals surface area contributed by atoms with Gasteiger partial charge in [0.2, 0.25) is 5.91 Å². The number of methoxy groups -OCH3 is 1. The number of fused-ring (bicyclic) bond motifs is 1. The second kappa shape index (κ2) is 9.60. The molecule has 0 aliphatic heterocycles. The van der Waals surface area contributed by atoms with Gasteiger partial charge in [-0.1, -0.05) is 32.0 Å². The summed E-state index contributed by atoms with van der Waals surface area (Å²) in [6.07, 6.45) is 6.78.